The van der Waals surface area contributed by atoms with Crippen LogP contribution < -0.4 is 4.72 Å². The number of carbonyl (C=O) groups is 2. The summed E-state index contributed by atoms with van der Waals surface area (Å²) in [5.74, 6) is 0.0902. The van der Waals surface area contributed by atoms with Gasteiger partial charge in [0.15, 0.2) is 0 Å². The van der Waals surface area contributed by atoms with Crippen LogP contribution >= 0.6 is 0 Å². The summed E-state index contributed by atoms with van der Waals surface area (Å²) in [5, 5.41) is 0. The Hall–Kier alpha value is -2.19. The van der Waals surface area contributed by atoms with Crippen molar-refractivity contribution in [1.82, 2.24) is 14.5 Å². The molecule has 2 aliphatic rings. The maximum atomic E-state index is 13.7. The molecule has 1 atom stereocenters. The van der Waals surface area contributed by atoms with Crippen LogP contribution in [0.1, 0.15) is 24.8 Å². The number of hydrogen-bond donors (Lipinski definition) is 1. The Kier molecular flexibility index (Phi) is 6.43. The van der Waals surface area contributed by atoms with Crippen molar-refractivity contribution >= 4 is 21.8 Å². The Morgan fingerprint density at radius 3 is 2.41 bits per heavy atom. The number of hydrogen-bond acceptors (Lipinski definition) is 4. The fourth-order valence-electron chi connectivity index (χ4n) is 4.38. The van der Waals surface area contributed by atoms with E-state index in [0.29, 0.717) is 45.6 Å². The van der Waals surface area contributed by atoms with E-state index in [1.54, 1.807) is 4.90 Å². The van der Waals surface area contributed by atoms with Gasteiger partial charge in [-0.1, -0.05) is 36.9 Å². The van der Waals surface area contributed by atoms with Crippen LogP contribution in [0.3, 0.4) is 0 Å². The third kappa shape index (κ3) is 4.87. The number of piperidine rings is 1. The lowest BCUT2D eigenvalue weighted by Crippen LogP contribution is -2.53. The Labute approximate surface area is 172 Å². The molecule has 3 rings (SSSR count). The molecule has 29 heavy (non-hydrogen) atoms. The Morgan fingerprint density at radius 2 is 1.83 bits per heavy atom. The van der Waals surface area contributed by atoms with Gasteiger partial charge in [0.2, 0.25) is 21.8 Å². The van der Waals surface area contributed by atoms with Gasteiger partial charge in [0.05, 0.1) is 11.7 Å². The first kappa shape index (κ1) is 21.5. The van der Waals surface area contributed by atoms with Crippen LogP contribution in [-0.2, 0) is 25.0 Å². The lowest BCUT2D eigenvalue weighted by atomic mass is 9.71. The van der Waals surface area contributed by atoms with E-state index in [1.165, 1.54) is 6.08 Å². The summed E-state index contributed by atoms with van der Waals surface area (Å²) in [7, 11) is -3.24. The number of sulfonamides is 1. The fourth-order valence-corrected chi connectivity index (χ4v) is 4.92. The van der Waals surface area contributed by atoms with Gasteiger partial charge in [-0.25, -0.2) is 13.1 Å². The molecule has 0 bridgehead atoms. The molecule has 1 aromatic rings. The SMILES string of the molecule is C=CC(=O)N1CCC(C(=O)N2CCC(CNS(C)(=O)=O)C2)(c2ccccc2)CC1. The van der Waals surface area contributed by atoms with E-state index >= 15 is 0 Å². The van der Waals surface area contributed by atoms with E-state index in [-0.39, 0.29) is 17.7 Å². The van der Waals surface area contributed by atoms with E-state index < -0.39 is 15.4 Å². The van der Waals surface area contributed by atoms with Crippen LogP contribution in [0.5, 0.6) is 0 Å². The van der Waals surface area contributed by atoms with Crippen molar-refractivity contribution in [3.05, 3.63) is 48.6 Å². The summed E-state index contributed by atoms with van der Waals surface area (Å²) in [6.07, 6.45) is 4.38. The average molecular weight is 420 g/mol. The van der Waals surface area contributed by atoms with Crippen molar-refractivity contribution in [2.24, 2.45) is 5.92 Å². The van der Waals surface area contributed by atoms with Crippen LogP contribution in [0.25, 0.3) is 0 Å². The number of likely N-dealkylation sites (tertiary alicyclic amines) is 2. The maximum Gasteiger partial charge on any atom is 0.245 e. The molecular weight excluding hydrogens is 390 g/mol. The quantitative estimate of drug-likeness (QED) is 0.701. The maximum absolute atomic E-state index is 13.7. The molecule has 1 unspecified atom stereocenters. The lowest BCUT2D eigenvalue weighted by molar-refractivity contribution is -0.141. The van der Waals surface area contributed by atoms with Gasteiger partial charge in [0.25, 0.3) is 0 Å². The second-order valence-corrected chi connectivity index (χ2v) is 9.84. The Morgan fingerprint density at radius 1 is 1.17 bits per heavy atom. The number of carbonyl (C=O) groups excluding carboxylic acids is 2. The van der Waals surface area contributed by atoms with Gasteiger partial charge in [-0.3, -0.25) is 9.59 Å². The molecule has 1 N–H and O–H groups in total. The van der Waals surface area contributed by atoms with Crippen LogP contribution in [0, 0.1) is 5.92 Å². The highest BCUT2D eigenvalue weighted by Crippen LogP contribution is 2.38. The molecule has 2 heterocycles. The van der Waals surface area contributed by atoms with Crippen LogP contribution in [-0.4, -0.2) is 69.0 Å². The standard InChI is InChI=1S/C21H29N3O4S/c1-3-19(25)23-13-10-21(11-14-23,18-7-5-4-6-8-18)20(26)24-12-9-17(16-24)15-22-29(2,27)28/h3-8,17,22H,1,9-16H2,2H3. The summed E-state index contributed by atoms with van der Waals surface area (Å²) in [4.78, 5) is 29.3. The zero-order valence-electron chi connectivity index (χ0n) is 16.8. The first-order chi connectivity index (χ1) is 13.7. The molecule has 1 aromatic carbocycles. The molecule has 2 saturated heterocycles. The van der Waals surface area contributed by atoms with Crippen molar-refractivity contribution in [1.29, 1.82) is 0 Å². The molecule has 0 aliphatic carbocycles. The minimum atomic E-state index is -3.24. The van der Waals surface area contributed by atoms with Crippen LogP contribution in [0.4, 0.5) is 0 Å². The second kappa shape index (κ2) is 8.67. The summed E-state index contributed by atoms with van der Waals surface area (Å²) in [6.45, 7) is 6.10. The van der Waals surface area contributed by atoms with Gasteiger partial charge < -0.3 is 9.80 Å². The van der Waals surface area contributed by atoms with Gasteiger partial charge >= 0.3 is 0 Å². The number of nitrogens with one attached hydrogen (secondary N) is 1. The lowest BCUT2D eigenvalue weighted by Gasteiger charge is -2.42. The van der Waals surface area contributed by atoms with E-state index in [1.807, 2.05) is 35.2 Å². The van der Waals surface area contributed by atoms with Gasteiger partial charge in [-0.15, -0.1) is 0 Å². The predicted molar refractivity (Wildman–Crippen MR) is 112 cm³/mol. The number of nitrogens with zero attached hydrogens (tertiary/aromatic N) is 2. The van der Waals surface area contributed by atoms with Gasteiger partial charge in [-0.2, -0.15) is 0 Å². The Balaban J connectivity index is 1.77. The third-order valence-electron chi connectivity index (χ3n) is 6.05. The molecule has 0 spiro atoms. The highest BCUT2D eigenvalue weighted by atomic mass is 32.2. The molecule has 2 amide bonds. The molecule has 2 aliphatic heterocycles. The molecule has 7 nitrogen and oxygen atoms in total. The number of amides is 2. The van der Waals surface area contributed by atoms with Crippen molar-refractivity contribution in [2.75, 3.05) is 39.0 Å². The van der Waals surface area contributed by atoms with Gasteiger partial charge in [0.1, 0.15) is 0 Å². The molecule has 2 fully saturated rings. The number of benzene rings is 1. The molecule has 8 heteroatoms. The normalized spacial score (nSPS) is 21.8. The minimum Gasteiger partial charge on any atom is -0.342 e. The minimum absolute atomic E-state index is 0.0799. The summed E-state index contributed by atoms with van der Waals surface area (Å²) in [6, 6.07) is 9.78. The smallest absolute Gasteiger partial charge is 0.245 e. The highest BCUT2D eigenvalue weighted by molar-refractivity contribution is 7.88. The summed E-state index contributed by atoms with van der Waals surface area (Å²) < 4.78 is 25.3. The first-order valence-electron chi connectivity index (χ1n) is 9.96. The fraction of sp³-hybridized carbons (Fsp3) is 0.524. The largest absolute Gasteiger partial charge is 0.342 e. The molecule has 0 aromatic heterocycles. The van der Waals surface area contributed by atoms with Crippen LogP contribution in [0.2, 0.25) is 0 Å². The molecule has 158 valence electrons. The van der Waals surface area contributed by atoms with Gasteiger partial charge in [-0.05, 0) is 36.8 Å². The molecular formula is C21H29N3O4S. The van der Waals surface area contributed by atoms with Crippen molar-refractivity contribution < 1.29 is 18.0 Å². The first-order valence-corrected chi connectivity index (χ1v) is 11.9. The molecule has 0 saturated carbocycles. The van der Waals surface area contributed by atoms with Crippen LogP contribution in [0.15, 0.2) is 43.0 Å². The van der Waals surface area contributed by atoms with E-state index in [2.05, 4.69) is 11.3 Å². The summed E-state index contributed by atoms with van der Waals surface area (Å²) >= 11 is 0. The third-order valence-corrected chi connectivity index (χ3v) is 6.74. The predicted octanol–water partition coefficient (Wildman–Crippen LogP) is 1.13. The van der Waals surface area contributed by atoms with E-state index in [9.17, 15) is 18.0 Å². The monoisotopic (exact) mass is 419 g/mol. The topological polar surface area (TPSA) is 86.8 Å². The Bertz CT molecular complexity index is 861. The highest BCUT2D eigenvalue weighted by Gasteiger charge is 2.46. The van der Waals surface area contributed by atoms with E-state index in [4.69, 9.17) is 0 Å². The van der Waals surface area contributed by atoms with Gasteiger partial charge in [0, 0.05) is 32.7 Å². The van der Waals surface area contributed by atoms with E-state index in [0.717, 1.165) is 18.2 Å². The van der Waals surface area contributed by atoms with Crippen molar-refractivity contribution in [3.63, 3.8) is 0 Å². The van der Waals surface area contributed by atoms with Crippen molar-refractivity contribution in [3.8, 4) is 0 Å². The average Bonchev–Trinajstić information content (AvgIpc) is 3.20. The number of rotatable bonds is 6. The zero-order valence-corrected chi connectivity index (χ0v) is 17.7. The zero-order chi connectivity index (χ0) is 21.1. The van der Waals surface area contributed by atoms with Crippen molar-refractivity contribution in [2.45, 2.75) is 24.7 Å². The summed E-state index contributed by atoms with van der Waals surface area (Å²) in [5.41, 5.74) is 0.326. The second-order valence-electron chi connectivity index (χ2n) is 8.00. The molecule has 0 radical (unpaired) electrons.